The molecule has 0 atom stereocenters. The Morgan fingerprint density at radius 1 is 1.42 bits per heavy atom. The van der Waals surface area contributed by atoms with Gasteiger partial charge in [0.25, 0.3) is 0 Å². The summed E-state index contributed by atoms with van der Waals surface area (Å²) in [5.41, 5.74) is 1.02. The number of hydrogen-bond donors (Lipinski definition) is 1. The number of aryl methyl sites for hydroxylation is 2. The van der Waals surface area contributed by atoms with Crippen LogP contribution in [0.15, 0.2) is 10.6 Å². The lowest BCUT2D eigenvalue weighted by Crippen LogP contribution is -1.87. The standard InChI is InChI=1S/C9H15NO2/c1-8-7-9(10-12-8)5-3-2-4-6-11/h7,11H,2-6H2,1H3. The Labute approximate surface area is 72.4 Å². The second-order valence-corrected chi connectivity index (χ2v) is 2.96. The van der Waals surface area contributed by atoms with Crippen LogP contribution in [-0.2, 0) is 6.42 Å². The molecule has 0 spiro atoms. The van der Waals surface area contributed by atoms with Crippen molar-refractivity contribution in [2.75, 3.05) is 6.61 Å². The fourth-order valence-electron chi connectivity index (χ4n) is 1.13. The Kier molecular flexibility index (Phi) is 3.80. The lowest BCUT2D eigenvalue weighted by Gasteiger charge is -1.94. The number of nitrogens with zero attached hydrogens (tertiary/aromatic N) is 1. The summed E-state index contributed by atoms with van der Waals surface area (Å²) in [7, 11) is 0. The molecule has 3 nitrogen and oxygen atoms in total. The van der Waals surface area contributed by atoms with Crippen molar-refractivity contribution < 1.29 is 9.63 Å². The van der Waals surface area contributed by atoms with E-state index in [-0.39, 0.29) is 6.61 Å². The van der Waals surface area contributed by atoms with Crippen molar-refractivity contribution in [2.45, 2.75) is 32.6 Å². The molecule has 0 amide bonds. The second-order valence-electron chi connectivity index (χ2n) is 2.96. The lowest BCUT2D eigenvalue weighted by molar-refractivity contribution is 0.283. The average Bonchev–Trinajstić information content (AvgIpc) is 2.45. The van der Waals surface area contributed by atoms with Crippen LogP contribution >= 0.6 is 0 Å². The molecule has 0 unspecified atom stereocenters. The highest BCUT2D eigenvalue weighted by Crippen LogP contribution is 2.06. The summed E-state index contributed by atoms with van der Waals surface area (Å²) in [5.74, 6) is 0.868. The second kappa shape index (κ2) is 4.93. The highest BCUT2D eigenvalue weighted by atomic mass is 16.5. The molecular weight excluding hydrogens is 154 g/mol. The van der Waals surface area contributed by atoms with E-state index in [1.54, 1.807) is 0 Å². The number of rotatable bonds is 5. The van der Waals surface area contributed by atoms with Crippen LogP contribution in [0.3, 0.4) is 0 Å². The van der Waals surface area contributed by atoms with Gasteiger partial charge in [0, 0.05) is 12.7 Å². The predicted octanol–water partition coefficient (Wildman–Crippen LogP) is 1.69. The van der Waals surface area contributed by atoms with E-state index in [1.165, 1.54) is 0 Å². The molecule has 0 bridgehead atoms. The molecule has 0 fully saturated rings. The van der Waals surface area contributed by atoms with Crippen molar-refractivity contribution in [1.29, 1.82) is 0 Å². The molecule has 3 heteroatoms. The number of aromatic nitrogens is 1. The molecule has 0 aromatic carbocycles. The maximum atomic E-state index is 8.53. The van der Waals surface area contributed by atoms with Gasteiger partial charge < -0.3 is 9.63 Å². The molecule has 1 aromatic heterocycles. The first-order valence-corrected chi connectivity index (χ1v) is 4.36. The van der Waals surface area contributed by atoms with Crippen LogP contribution in [0.1, 0.15) is 30.7 Å². The Hall–Kier alpha value is -0.830. The van der Waals surface area contributed by atoms with E-state index in [0.717, 1.165) is 37.1 Å². The minimum Gasteiger partial charge on any atom is -0.396 e. The number of aliphatic hydroxyl groups is 1. The molecule has 0 aliphatic carbocycles. The fourth-order valence-corrected chi connectivity index (χ4v) is 1.13. The number of unbranched alkanes of at least 4 members (excludes halogenated alkanes) is 2. The lowest BCUT2D eigenvalue weighted by atomic mass is 10.1. The van der Waals surface area contributed by atoms with Gasteiger partial charge in [-0.3, -0.25) is 0 Å². The smallest absolute Gasteiger partial charge is 0.133 e. The summed E-state index contributed by atoms with van der Waals surface area (Å²) in [6.45, 7) is 2.18. The van der Waals surface area contributed by atoms with Gasteiger partial charge in [0.2, 0.25) is 0 Å². The molecule has 0 saturated heterocycles. The zero-order chi connectivity index (χ0) is 8.81. The number of hydrogen-bond acceptors (Lipinski definition) is 3. The molecule has 0 aliphatic rings. The van der Waals surface area contributed by atoms with Gasteiger partial charge in [-0.05, 0) is 26.2 Å². The van der Waals surface area contributed by atoms with Crippen LogP contribution in [0.5, 0.6) is 0 Å². The third kappa shape index (κ3) is 3.05. The normalized spacial score (nSPS) is 10.5. The molecule has 1 N–H and O–H groups in total. The summed E-state index contributed by atoms with van der Waals surface area (Å²) in [6, 6.07) is 1.96. The highest BCUT2D eigenvalue weighted by Gasteiger charge is 1.98. The minimum absolute atomic E-state index is 0.290. The molecule has 1 aromatic rings. The average molecular weight is 169 g/mol. The zero-order valence-electron chi connectivity index (χ0n) is 7.42. The highest BCUT2D eigenvalue weighted by molar-refractivity contribution is 5.03. The van der Waals surface area contributed by atoms with Gasteiger partial charge in [0.1, 0.15) is 5.76 Å². The van der Waals surface area contributed by atoms with Crippen molar-refractivity contribution >= 4 is 0 Å². The summed E-state index contributed by atoms with van der Waals surface area (Å²) in [6.07, 6.45) is 3.98. The van der Waals surface area contributed by atoms with Crippen LogP contribution < -0.4 is 0 Å². The minimum atomic E-state index is 0.290. The van der Waals surface area contributed by atoms with E-state index in [1.807, 2.05) is 13.0 Å². The van der Waals surface area contributed by atoms with Gasteiger partial charge in [0.05, 0.1) is 5.69 Å². The Morgan fingerprint density at radius 3 is 2.83 bits per heavy atom. The summed E-state index contributed by atoms with van der Waals surface area (Å²) < 4.78 is 4.92. The molecule has 68 valence electrons. The van der Waals surface area contributed by atoms with Gasteiger partial charge in [0.15, 0.2) is 0 Å². The largest absolute Gasteiger partial charge is 0.396 e. The quantitative estimate of drug-likeness (QED) is 0.682. The SMILES string of the molecule is Cc1cc(CCCCCO)no1. The fraction of sp³-hybridized carbons (Fsp3) is 0.667. The predicted molar refractivity (Wildman–Crippen MR) is 45.9 cm³/mol. The van der Waals surface area contributed by atoms with Crippen molar-refractivity contribution in [3.8, 4) is 0 Å². The molecule has 0 radical (unpaired) electrons. The summed E-state index contributed by atoms with van der Waals surface area (Å²) in [4.78, 5) is 0. The van der Waals surface area contributed by atoms with Gasteiger partial charge in [-0.2, -0.15) is 0 Å². The first kappa shape index (κ1) is 9.26. The van der Waals surface area contributed by atoms with E-state index >= 15 is 0 Å². The monoisotopic (exact) mass is 169 g/mol. The van der Waals surface area contributed by atoms with Crippen molar-refractivity contribution in [3.63, 3.8) is 0 Å². The van der Waals surface area contributed by atoms with E-state index in [4.69, 9.17) is 9.63 Å². The Morgan fingerprint density at radius 2 is 2.25 bits per heavy atom. The summed E-state index contributed by atoms with van der Waals surface area (Å²) in [5, 5.41) is 12.4. The van der Waals surface area contributed by atoms with Crippen molar-refractivity contribution in [3.05, 3.63) is 17.5 Å². The zero-order valence-corrected chi connectivity index (χ0v) is 7.42. The van der Waals surface area contributed by atoms with E-state index in [2.05, 4.69) is 5.16 Å². The molecular formula is C9H15NO2. The molecule has 0 aliphatic heterocycles. The summed E-state index contributed by atoms with van der Waals surface area (Å²) >= 11 is 0. The topological polar surface area (TPSA) is 46.3 Å². The van der Waals surface area contributed by atoms with E-state index in [9.17, 15) is 0 Å². The molecule has 1 rings (SSSR count). The van der Waals surface area contributed by atoms with E-state index in [0.29, 0.717) is 0 Å². The van der Waals surface area contributed by atoms with Crippen molar-refractivity contribution in [2.24, 2.45) is 0 Å². The third-order valence-corrected chi connectivity index (χ3v) is 1.77. The van der Waals surface area contributed by atoms with Gasteiger partial charge in [-0.25, -0.2) is 0 Å². The Balaban J connectivity index is 2.15. The van der Waals surface area contributed by atoms with Gasteiger partial charge in [-0.1, -0.05) is 11.6 Å². The van der Waals surface area contributed by atoms with E-state index < -0.39 is 0 Å². The van der Waals surface area contributed by atoms with Crippen LogP contribution in [0.4, 0.5) is 0 Å². The number of aliphatic hydroxyl groups excluding tert-OH is 1. The Bertz CT molecular complexity index is 220. The maximum absolute atomic E-state index is 8.53. The van der Waals surface area contributed by atoms with Crippen molar-refractivity contribution in [1.82, 2.24) is 5.16 Å². The molecule has 1 heterocycles. The van der Waals surface area contributed by atoms with Crippen LogP contribution in [0.25, 0.3) is 0 Å². The van der Waals surface area contributed by atoms with Gasteiger partial charge in [-0.15, -0.1) is 0 Å². The van der Waals surface area contributed by atoms with Crippen LogP contribution in [0.2, 0.25) is 0 Å². The molecule has 12 heavy (non-hydrogen) atoms. The maximum Gasteiger partial charge on any atom is 0.133 e. The first-order chi connectivity index (χ1) is 5.83. The van der Waals surface area contributed by atoms with Gasteiger partial charge >= 0.3 is 0 Å². The van der Waals surface area contributed by atoms with Crippen LogP contribution in [-0.4, -0.2) is 16.9 Å². The first-order valence-electron chi connectivity index (χ1n) is 4.36. The van der Waals surface area contributed by atoms with Crippen LogP contribution in [0, 0.1) is 6.92 Å². The third-order valence-electron chi connectivity index (χ3n) is 1.77. The molecule has 0 saturated carbocycles.